The van der Waals surface area contributed by atoms with Crippen molar-refractivity contribution >= 4 is 21.8 Å². The fraction of sp³-hybridized carbons (Fsp3) is 0.529. The lowest BCUT2D eigenvalue weighted by atomic mass is 10.2. The van der Waals surface area contributed by atoms with Gasteiger partial charge in [0.2, 0.25) is 15.9 Å². The van der Waals surface area contributed by atoms with E-state index in [1.165, 1.54) is 29.6 Å². The smallest absolute Gasteiger partial charge is 0.251 e. The van der Waals surface area contributed by atoms with Gasteiger partial charge in [-0.1, -0.05) is 6.92 Å². The number of methoxy groups -OCH3 is 1. The molecule has 0 aliphatic carbocycles. The second kappa shape index (κ2) is 9.67. The van der Waals surface area contributed by atoms with Gasteiger partial charge in [-0.25, -0.2) is 8.42 Å². The summed E-state index contributed by atoms with van der Waals surface area (Å²) >= 11 is 0. The number of morpholine rings is 1. The molecule has 2 rings (SSSR count). The van der Waals surface area contributed by atoms with Gasteiger partial charge in [-0.3, -0.25) is 9.59 Å². The number of rotatable bonds is 8. The molecule has 150 valence electrons. The molecule has 1 aliphatic rings. The second-order valence-corrected chi connectivity index (χ2v) is 7.82. The van der Waals surface area contributed by atoms with Crippen LogP contribution in [0.5, 0.6) is 5.75 Å². The fourth-order valence-electron chi connectivity index (χ4n) is 2.54. The number of nitrogens with one attached hydrogen (secondary N) is 2. The summed E-state index contributed by atoms with van der Waals surface area (Å²) < 4.78 is 37.5. The fourth-order valence-corrected chi connectivity index (χ4v) is 4.12. The predicted octanol–water partition coefficient (Wildman–Crippen LogP) is -0.0279. The summed E-state index contributed by atoms with van der Waals surface area (Å²) in [6.07, 6.45) is 0.793. The van der Waals surface area contributed by atoms with Crippen LogP contribution in [0.1, 0.15) is 23.7 Å². The molecule has 0 spiro atoms. The van der Waals surface area contributed by atoms with E-state index in [-0.39, 0.29) is 41.7 Å². The molecule has 2 amide bonds. The first-order valence-electron chi connectivity index (χ1n) is 8.71. The van der Waals surface area contributed by atoms with Crippen LogP contribution in [0.3, 0.4) is 0 Å². The first kappa shape index (κ1) is 21.1. The minimum Gasteiger partial charge on any atom is -0.495 e. The predicted molar refractivity (Wildman–Crippen MR) is 98.2 cm³/mol. The maximum absolute atomic E-state index is 12.9. The number of carbonyl (C=O) groups excluding carboxylic acids is 2. The molecule has 0 saturated carbocycles. The van der Waals surface area contributed by atoms with Crippen LogP contribution in [-0.4, -0.2) is 71.0 Å². The Kier molecular flexibility index (Phi) is 7.57. The van der Waals surface area contributed by atoms with Crippen LogP contribution in [0, 0.1) is 0 Å². The third-order valence-corrected chi connectivity index (χ3v) is 5.92. The average Bonchev–Trinajstić information content (AvgIpc) is 2.70. The lowest BCUT2D eigenvalue weighted by Crippen LogP contribution is -2.41. The van der Waals surface area contributed by atoms with Gasteiger partial charge in [0.1, 0.15) is 10.6 Å². The lowest BCUT2D eigenvalue weighted by molar-refractivity contribution is -0.120. The molecule has 0 aromatic heterocycles. The summed E-state index contributed by atoms with van der Waals surface area (Å²) in [6, 6.07) is 4.15. The highest BCUT2D eigenvalue weighted by atomic mass is 32.2. The summed E-state index contributed by atoms with van der Waals surface area (Å²) in [6.45, 7) is 3.37. The summed E-state index contributed by atoms with van der Waals surface area (Å²) in [5.41, 5.74) is 0.130. The molecule has 27 heavy (non-hydrogen) atoms. The second-order valence-electron chi connectivity index (χ2n) is 5.91. The van der Waals surface area contributed by atoms with Crippen molar-refractivity contribution in [2.75, 3.05) is 46.5 Å². The van der Waals surface area contributed by atoms with Gasteiger partial charge in [-0.15, -0.1) is 0 Å². The molecule has 1 saturated heterocycles. The van der Waals surface area contributed by atoms with Crippen LogP contribution in [0.25, 0.3) is 0 Å². The van der Waals surface area contributed by atoms with Gasteiger partial charge >= 0.3 is 0 Å². The van der Waals surface area contributed by atoms with E-state index in [4.69, 9.17) is 9.47 Å². The zero-order valence-electron chi connectivity index (χ0n) is 15.5. The number of amides is 2. The minimum atomic E-state index is -3.84. The number of ether oxygens (including phenoxy) is 2. The van der Waals surface area contributed by atoms with Crippen LogP contribution in [0.4, 0.5) is 0 Å². The number of nitrogens with zero attached hydrogens (tertiary/aromatic N) is 1. The molecule has 1 aromatic carbocycles. The minimum absolute atomic E-state index is 0.0880. The highest BCUT2D eigenvalue weighted by Crippen LogP contribution is 2.28. The number of hydrogen-bond acceptors (Lipinski definition) is 6. The van der Waals surface area contributed by atoms with Gasteiger partial charge in [0, 0.05) is 25.2 Å². The SMILES string of the molecule is CCCNC(=O)CNC(=O)c1ccc(OC)c(S(=O)(=O)N2CCOCC2)c1. The molecule has 9 nitrogen and oxygen atoms in total. The average molecular weight is 399 g/mol. The number of hydrogen-bond donors (Lipinski definition) is 2. The molecule has 0 bridgehead atoms. The Bertz CT molecular complexity index is 775. The Morgan fingerprint density at radius 2 is 1.93 bits per heavy atom. The molecule has 0 unspecified atom stereocenters. The van der Waals surface area contributed by atoms with Crippen molar-refractivity contribution in [1.82, 2.24) is 14.9 Å². The quantitative estimate of drug-likeness (QED) is 0.635. The number of sulfonamides is 1. The van der Waals surface area contributed by atoms with E-state index in [0.717, 1.165) is 6.42 Å². The topological polar surface area (TPSA) is 114 Å². The first-order chi connectivity index (χ1) is 12.9. The van der Waals surface area contributed by atoms with Crippen LogP contribution >= 0.6 is 0 Å². The molecular formula is C17H25N3O6S. The Hall–Kier alpha value is -2.17. The van der Waals surface area contributed by atoms with Gasteiger partial charge in [0.15, 0.2) is 0 Å². The van der Waals surface area contributed by atoms with E-state index in [0.29, 0.717) is 19.8 Å². The number of benzene rings is 1. The Morgan fingerprint density at radius 3 is 2.56 bits per heavy atom. The van der Waals surface area contributed by atoms with E-state index in [1.54, 1.807) is 0 Å². The van der Waals surface area contributed by atoms with Crippen LogP contribution in [-0.2, 0) is 19.6 Å². The van der Waals surface area contributed by atoms with Gasteiger partial charge < -0.3 is 20.1 Å². The third-order valence-electron chi connectivity index (χ3n) is 4.00. The van der Waals surface area contributed by atoms with Gasteiger partial charge in [0.05, 0.1) is 26.9 Å². The van der Waals surface area contributed by atoms with E-state index in [9.17, 15) is 18.0 Å². The maximum atomic E-state index is 12.9. The molecule has 0 atom stereocenters. The molecule has 1 aliphatic heterocycles. The van der Waals surface area contributed by atoms with Crippen molar-refractivity contribution in [1.29, 1.82) is 0 Å². The Balaban J connectivity index is 2.19. The highest BCUT2D eigenvalue weighted by molar-refractivity contribution is 7.89. The van der Waals surface area contributed by atoms with Crippen LogP contribution in [0.2, 0.25) is 0 Å². The Morgan fingerprint density at radius 1 is 1.22 bits per heavy atom. The molecule has 0 radical (unpaired) electrons. The maximum Gasteiger partial charge on any atom is 0.251 e. The number of carbonyl (C=O) groups is 2. The lowest BCUT2D eigenvalue weighted by Gasteiger charge is -2.26. The monoisotopic (exact) mass is 399 g/mol. The van der Waals surface area contributed by atoms with E-state index in [1.807, 2.05) is 6.92 Å². The zero-order chi connectivity index (χ0) is 19.9. The van der Waals surface area contributed by atoms with E-state index < -0.39 is 15.9 Å². The summed E-state index contributed by atoms with van der Waals surface area (Å²) in [5, 5.41) is 5.13. The molecular weight excluding hydrogens is 374 g/mol. The third kappa shape index (κ3) is 5.41. The zero-order valence-corrected chi connectivity index (χ0v) is 16.3. The van der Waals surface area contributed by atoms with Gasteiger partial charge in [-0.05, 0) is 24.6 Å². The van der Waals surface area contributed by atoms with Crippen LogP contribution < -0.4 is 15.4 Å². The normalized spacial score (nSPS) is 15.2. The van der Waals surface area contributed by atoms with Crippen molar-refractivity contribution < 1.29 is 27.5 Å². The van der Waals surface area contributed by atoms with E-state index >= 15 is 0 Å². The van der Waals surface area contributed by atoms with Crippen LogP contribution in [0.15, 0.2) is 23.1 Å². The largest absolute Gasteiger partial charge is 0.495 e. The van der Waals surface area contributed by atoms with Crippen molar-refractivity contribution in [3.05, 3.63) is 23.8 Å². The molecule has 1 heterocycles. The van der Waals surface area contributed by atoms with Crippen molar-refractivity contribution in [2.24, 2.45) is 0 Å². The van der Waals surface area contributed by atoms with Gasteiger partial charge in [-0.2, -0.15) is 4.31 Å². The van der Waals surface area contributed by atoms with Gasteiger partial charge in [0.25, 0.3) is 5.91 Å². The molecule has 2 N–H and O–H groups in total. The Labute approximate surface area is 159 Å². The highest BCUT2D eigenvalue weighted by Gasteiger charge is 2.30. The summed E-state index contributed by atoms with van der Waals surface area (Å²) in [7, 11) is -2.47. The molecule has 1 aromatic rings. The van der Waals surface area contributed by atoms with Crippen molar-refractivity contribution in [3.8, 4) is 5.75 Å². The van der Waals surface area contributed by atoms with Crippen molar-refractivity contribution in [2.45, 2.75) is 18.2 Å². The van der Waals surface area contributed by atoms with Crippen molar-refractivity contribution in [3.63, 3.8) is 0 Å². The molecule has 10 heteroatoms. The first-order valence-corrected chi connectivity index (χ1v) is 10.1. The standard InChI is InChI=1S/C17H25N3O6S/c1-3-6-18-16(21)12-19-17(22)13-4-5-14(25-2)15(11-13)27(23,24)20-7-9-26-10-8-20/h4-5,11H,3,6-10,12H2,1-2H3,(H,18,21)(H,19,22). The summed E-state index contributed by atoms with van der Waals surface area (Å²) in [5.74, 6) is -0.693. The summed E-state index contributed by atoms with van der Waals surface area (Å²) in [4.78, 5) is 23.8. The van der Waals surface area contributed by atoms with E-state index in [2.05, 4.69) is 10.6 Å². The molecule has 1 fully saturated rings.